The van der Waals surface area contributed by atoms with Crippen molar-refractivity contribution in [3.05, 3.63) is 47.2 Å². The number of carboxylic acid groups (broad SMARTS) is 1. The number of imidazole rings is 1. The number of rotatable bonds is 8. The van der Waals surface area contributed by atoms with Crippen LogP contribution in [0.3, 0.4) is 0 Å². The van der Waals surface area contributed by atoms with Crippen LogP contribution in [0.4, 0.5) is 0 Å². The van der Waals surface area contributed by atoms with Gasteiger partial charge in [0.2, 0.25) is 0 Å². The molecule has 0 aliphatic carbocycles. The molecule has 0 fully saturated rings. The van der Waals surface area contributed by atoms with Crippen molar-refractivity contribution in [3.8, 4) is 0 Å². The van der Waals surface area contributed by atoms with Crippen molar-refractivity contribution in [3.63, 3.8) is 0 Å². The zero-order chi connectivity index (χ0) is 15.1. The lowest BCUT2D eigenvalue weighted by Crippen LogP contribution is -2.26. The van der Waals surface area contributed by atoms with E-state index in [0.29, 0.717) is 19.4 Å². The van der Waals surface area contributed by atoms with E-state index in [0.717, 1.165) is 10.5 Å². The quantitative estimate of drug-likeness (QED) is 0.729. The minimum atomic E-state index is -1.04. The van der Waals surface area contributed by atoms with E-state index in [-0.39, 0.29) is 0 Å². The molecule has 0 saturated heterocycles. The molecule has 0 amide bonds. The number of nitrogens with two attached hydrogens (primary N) is 1. The van der Waals surface area contributed by atoms with Gasteiger partial charge in [-0.1, -0.05) is 12.1 Å². The monoisotopic (exact) mass is 307 g/mol. The number of aromatic nitrogens is 2. The van der Waals surface area contributed by atoms with E-state index in [9.17, 15) is 4.79 Å². The summed E-state index contributed by atoms with van der Waals surface area (Å²) < 4.78 is 1.97. The van der Waals surface area contributed by atoms with E-state index in [4.69, 9.17) is 11.0 Å². The molecule has 0 radical (unpaired) electrons. The van der Waals surface area contributed by atoms with Crippen LogP contribution in [0, 0.1) is 0 Å². The number of aliphatic carboxylic acids is 1. The Balaban J connectivity index is 2.05. The molecular weight excluding hydrogens is 290 g/mol. The van der Waals surface area contributed by atoms with Crippen LogP contribution < -0.4 is 5.90 Å². The van der Waals surface area contributed by atoms with Crippen LogP contribution in [0.15, 0.2) is 42.3 Å². The molecule has 1 unspecified atom stereocenters. The van der Waals surface area contributed by atoms with Gasteiger partial charge in [0.15, 0.2) is 6.10 Å². The molecule has 0 spiro atoms. The maximum atomic E-state index is 10.9. The summed E-state index contributed by atoms with van der Waals surface area (Å²) >= 11 is 1.65. The molecule has 2 aromatic rings. The van der Waals surface area contributed by atoms with Gasteiger partial charge in [-0.2, -0.15) is 0 Å². The van der Waals surface area contributed by atoms with Crippen molar-refractivity contribution >= 4 is 22.9 Å². The van der Waals surface area contributed by atoms with Crippen LogP contribution in [0.5, 0.6) is 0 Å². The summed E-state index contributed by atoms with van der Waals surface area (Å²) in [6.07, 6.45) is 7.35. The largest absolute Gasteiger partial charge is 0.479 e. The van der Waals surface area contributed by atoms with Crippen molar-refractivity contribution in [1.82, 2.24) is 9.55 Å². The maximum Gasteiger partial charge on any atom is 0.334 e. The normalized spacial score (nSPS) is 13.3. The third-order valence-electron chi connectivity index (χ3n) is 3.01. The standard InChI is InChI=1S/C14H17N3O3S/c15-20-12(14(18)19)4-1-3-11(13-5-2-8-21-13)9-17-7-6-16-10-17/h2-3,5-8,10,12H,1,4,9,15H2,(H,18,19). The first-order valence-corrected chi connectivity index (χ1v) is 7.35. The minimum Gasteiger partial charge on any atom is -0.479 e. The van der Waals surface area contributed by atoms with Gasteiger partial charge in [0.25, 0.3) is 0 Å². The first kappa shape index (κ1) is 15.4. The van der Waals surface area contributed by atoms with Crippen molar-refractivity contribution in [2.45, 2.75) is 25.5 Å². The molecular formula is C14H17N3O3S. The fraction of sp³-hybridized carbons (Fsp3) is 0.286. The SMILES string of the molecule is NOC(CCC=C(Cn1ccnc1)c1cccs1)C(=O)O. The highest BCUT2D eigenvalue weighted by molar-refractivity contribution is 7.11. The van der Waals surface area contributed by atoms with E-state index >= 15 is 0 Å². The minimum absolute atomic E-state index is 0.338. The Morgan fingerprint density at radius 3 is 3.05 bits per heavy atom. The third kappa shape index (κ3) is 4.52. The van der Waals surface area contributed by atoms with Gasteiger partial charge in [-0.25, -0.2) is 15.7 Å². The Morgan fingerprint density at radius 1 is 1.62 bits per heavy atom. The number of allylic oxidation sites excluding steroid dienone is 2. The molecule has 112 valence electrons. The van der Waals surface area contributed by atoms with Crippen molar-refractivity contribution in [2.75, 3.05) is 0 Å². The first-order valence-electron chi connectivity index (χ1n) is 6.47. The Kier molecular flexibility index (Phi) is 5.68. The van der Waals surface area contributed by atoms with Crippen LogP contribution in [-0.4, -0.2) is 26.7 Å². The lowest BCUT2D eigenvalue weighted by Gasteiger charge is -2.09. The van der Waals surface area contributed by atoms with Crippen molar-refractivity contribution in [2.24, 2.45) is 5.90 Å². The highest BCUT2D eigenvalue weighted by Crippen LogP contribution is 2.23. The Labute approximate surface area is 126 Å². The van der Waals surface area contributed by atoms with E-state index in [1.807, 2.05) is 34.4 Å². The van der Waals surface area contributed by atoms with Gasteiger partial charge in [0.1, 0.15) is 0 Å². The highest BCUT2D eigenvalue weighted by Gasteiger charge is 2.16. The average molecular weight is 307 g/mol. The number of hydrogen-bond acceptors (Lipinski definition) is 5. The molecule has 7 heteroatoms. The van der Waals surface area contributed by atoms with E-state index < -0.39 is 12.1 Å². The molecule has 6 nitrogen and oxygen atoms in total. The first-order chi connectivity index (χ1) is 10.2. The number of nitrogens with zero attached hydrogens (tertiary/aromatic N) is 2. The van der Waals surface area contributed by atoms with Gasteiger partial charge in [-0.15, -0.1) is 11.3 Å². The average Bonchev–Trinajstić information content (AvgIpc) is 3.14. The molecule has 21 heavy (non-hydrogen) atoms. The fourth-order valence-corrected chi connectivity index (χ4v) is 2.70. The summed E-state index contributed by atoms with van der Waals surface area (Å²) in [6.45, 7) is 0.696. The Morgan fingerprint density at radius 2 is 2.48 bits per heavy atom. The van der Waals surface area contributed by atoms with Crippen molar-refractivity contribution in [1.29, 1.82) is 0 Å². The predicted molar refractivity (Wildman–Crippen MR) is 80.5 cm³/mol. The van der Waals surface area contributed by atoms with Crippen LogP contribution in [0.25, 0.3) is 5.57 Å². The molecule has 1 atom stereocenters. The van der Waals surface area contributed by atoms with Gasteiger partial charge < -0.3 is 9.67 Å². The summed E-state index contributed by atoms with van der Waals surface area (Å²) in [4.78, 5) is 20.5. The second-order valence-corrected chi connectivity index (χ2v) is 5.43. The second-order valence-electron chi connectivity index (χ2n) is 4.48. The van der Waals surface area contributed by atoms with Gasteiger partial charge >= 0.3 is 5.97 Å². The number of carbonyl (C=O) groups is 1. The summed E-state index contributed by atoms with van der Waals surface area (Å²) in [5, 5.41) is 10.9. The van der Waals surface area contributed by atoms with Gasteiger partial charge in [0.05, 0.1) is 6.33 Å². The Bertz CT molecular complexity index is 579. The van der Waals surface area contributed by atoms with E-state index in [1.54, 1.807) is 23.9 Å². The van der Waals surface area contributed by atoms with Crippen LogP contribution in [0.2, 0.25) is 0 Å². The molecule has 2 heterocycles. The molecule has 2 rings (SSSR count). The van der Waals surface area contributed by atoms with Gasteiger partial charge in [0, 0.05) is 23.8 Å². The molecule has 2 aromatic heterocycles. The molecule has 0 aliphatic rings. The van der Waals surface area contributed by atoms with Crippen LogP contribution in [0.1, 0.15) is 17.7 Å². The lowest BCUT2D eigenvalue weighted by molar-refractivity contribution is -0.151. The molecule has 3 N–H and O–H groups in total. The van der Waals surface area contributed by atoms with Crippen molar-refractivity contribution < 1.29 is 14.7 Å². The topological polar surface area (TPSA) is 90.4 Å². The molecule has 0 saturated carbocycles. The number of carboxylic acids is 1. The van der Waals surface area contributed by atoms with Gasteiger partial charge in [-0.3, -0.25) is 4.84 Å². The lowest BCUT2D eigenvalue weighted by atomic mass is 10.1. The number of thiophene rings is 1. The molecule has 0 aliphatic heterocycles. The predicted octanol–water partition coefficient (Wildman–Crippen LogP) is 2.15. The Hall–Kier alpha value is -1.96. The van der Waals surface area contributed by atoms with Gasteiger partial charge in [-0.05, 0) is 29.9 Å². The second kappa shape index (κ2) is 7.72. The molecule has 0 aromatic carbocycles. The fourth-order valence-electron chi connectivity index (χ4n) is 1.94. The smallest absolute Gasteiger partial charge is 0.334 e. The maximum absolute atomic E-state index is 10.9. The number of hydrogen-bond donors (Lipinski definition) is 2. The summed E-state index contributed by atoms with van der Waals surface area (Å²) in [6, 6.07) is 4.03. The summed E-state index contributed by atoms with van der Waals surface area (Å²) in [5.41, 5.74) is 1.13. The molecule has 0 bridgehead atoms. The van der Waals surface area contributed by atoms with E-state index in [2.05, 4.69) is 9.82 Å². The zero-order valence-electron chi connectivity index (χ0n) is 11.4. The van der Waals surface area contributed by atoms with Crippen LogP contribution in [-0.2, 0) is 16.2 Å². The highest BCUT2D eigenvalue weighted by atomic mass is 32.1. The van der Waals surface area contributed by atoms with E-state index in [1.165, 1.54) is 0 Å². The summed E-state index contributed by atoms with van der Waals surface area (Å²) in [5.74, 6) is 3.94. The third-order valence-corrected chi connectivity index (χ3v) is 3.95. The van der Waals surface area contributed by atoms with Crippen LogP contribution >= 0.6 is 11.3 Å². The summed E-state index contributed by atoms with van der Waals surface area (Å²) in [7, 11) is 0. The zero-order valence-corrected chi connectivity index (χ0v) is 12.2.